The number of ether oxygens (including phenoxy) is 1. The van der Waals surface area contributed by atoms with Gasteiger partial charge in [-0.2, -0.15) is 0 Å². The van der Waals surface area contributed by atoms with E-state index in [0.29, 0.717) is 22.6 Å². The van der Waals surface area contributed by atoms with Crippen molar-refractivity contribution in [1.82, 2.24) is 5.32 Å². The summed E-state index contributed by atoms with van der Waals surface area (Å²) in [6, 6.07) is 11.7. The third-order valence-corrected chi connectivity index (χ3v) is 4.17. The largest absolute Gasteiger partial charge is 0.484 e. The van der Waals surface area contributed by atoms with E-state index in [1.165, 1.54) is 6.07 Å². The molecule has 1 saturated carbocycles. The molecule has 2 amide bonds. The average Bonchev–Trinajstić information content (AvgIpc) is 3.47. The Morgan fingerprint density at radius 3 is 2.54 bits per heavy atom. The Morgan fingerprint density at radius 2 is 1.88 bits per heavy atom. The van der Waals surface area contributed by atoms with Crippen molar-refractivity contribution in [2.75, 3.05) is 11.9 Å². The summed E-state index contributed by atoms with van der Waals surface area (Å²) < 4.78 is 18.9. The van der Waals surface area contributed by atoms with Gasteiger partial charge in [-0.15, -0.1) is 0 Å². The van der Waals surface area contributed by atoms with Gasteiger partial charge >= 0.3 is 0 Å². The molecule has 0 unspecified atom stereocenters. The molecule has 1 aliphatic carbocycles. The number of aryl methyl sites for hydroxylation is 1. The van der Waals surface area contributed by atoms with E-state index in [0.717, 1.165) is 12.8 Å². The number of anilines is 1. The van der Waals surface area contributed by atoms with E-state index in [9.17, 15) is 14.0 Å². The van der Waals surface area contributed by atoms with E-state index in [-0.39, 0.29) is 36.7 Å². The molecule has 3 rings (SSSR count). The molecule has 0 saturated heterocycles. The molecule has 0 spiro atoms. The smallest absolute Gasteiger partial charge is 0.258 e. The van der Waals surface area contributed by atoms with Crippen LogP contribution in [0.15, 0.2) is 42.5 Å². The monoisotopic (exact) mass is 356 g/mol. The maximum absolute atomic E-state index is 13.5. The van der Waals surface area contributed by atoms with Gasteiger partial charge < -0.3 is 15.4 Å². The van der Waals surface area contributed by atoms with Gasteiger partial charge in [0.25, 0.3) is 5.91 Å². The van der Waals surface area contributed by atoms with Crippen LogP contribution in [0.2, 0.25) is 0 Å². The van der Waals surface area contributed by atoms with Gasteiger partial charge in [0.2, 0.25) is 5.91 Å². The van der Waals surface area contributed by atoms with Gasteiger partial charge in [-0.3, -0.25) is 9.59 Å². The van der Waals surface area contributed by atoms with Gasteiger partial charge in [-0.25, -0.2) is 4.39 Å². The predicted octanol–water partition coefficient (Wildman–Crippen LogP) is 3.18. The van der Waals surface area contributed by atoms with E-state index >= 15 is 0 Å². The minimum atomic E-state index is -0.294. The van der Waals surface area contributed by atoms with Gasteiger partial charge in [0.1, 0.15) is 11.6 Å². The van der Waals surface area contributed by atoms with Crippen molar-refractivity contribution < 1.29 is 18.7 Å². The number of carbonyl (C=O) groups is 2. The van der Waals surface area contributed by atoms with E-state index < -0.39 is 0 Å². The zero-order valence-electron chi connectivity index (χ0n) is 14.5. The van der Waals surface area contributed by atoms with Crippen molar-refractivity contribution in [1.29, 1.82) is 0 Å². The molecule has 0 aromatic heterocycles. The third-order valence-electron chi connectivity index (χ3n) is 4.17. The molecule has 2 N–H and O–H groups in total. The lowest BCUT2D eigenvalue weighted by Gasteiger charge is -2.09. The molecule has 0 radical (unpaired) electrons. The molecule has 136 valence electrons. The highest BCUT2D eigenvalue weighted by Crippen LogP contribution is 2.30. The number of nitrogens with one attached hydrogen (secondary N) is 2. The Kier molecular flexibility index (Phi) is 5.51. The van der Waals surface area contributed by atoms with Crippen molar-refractivity contribution in [3.05, 3.63) is 59.4 Å². The van der Waals surface area contributed by atoms with Crippen molar-refractivity contribution in [2.24, 2.45) is 5.92 Å². The first-order valence-corrected chi connectivity index (χ1v) is 8.57. The highest BCUT2D eigenvalue weighted by molar-refractivity contribution is 5.94. The van der Waals surface area contributed by atoms with Crippen LogP contribution in [-0.4, -0.2) is 18.4 Å². The van der Waals surface area contributed by atoms with E-state index in [2.05, 4.69) is 10.6 Å². The summed E-state index contributed by atoms with van der Waals surface area (Å²) in [4.78, 5) is 23.5. The number of hydrogen-bond donors (Lipinski definition) is 2. The van der Waals surface area contributed by atoms with Crippen molar-refractivity contribution in [3.63, 3.8) is 0 Å². The fraction of sp³-hybridized carbons (Fsp3) is 0.300. The zero-order valence-corrected chi connectivity index (χ0v) is 14.5. The Labute approximate surface area is 151 Å². The van der Waals surface area contributed by atoms with Crippen LogP contribution >= 0.6 is 0 Å². The summed E-state index contributed by atoms with van der Waals surface area (Å²) in [6.45, 7) is 1.79. The summed E-state index contributed by atoms with van der Waals surface area (Å²) in [5, 5.41) is 5.52. The molecule has 0 aliphatic heterocycles. The third kappa shape index (κ3) is 5.05. The van der Waals surface area contributed by atoms with Crippen molar-refractivity contribution in [3.8, 4) is 5.75 Å². The minimum Gasteiger partial charge on any atom is -0.484 e. The Morgan fingerprint density at radius 1 is 1.15 bits per heavy atom. The fourth-order valence-electron chi connectivity index (χ4n) is 2.37. The standard InChI is InChI=1S/C20H21FN2O3/c1-13-2-3-14(10-18(13)21)11-22-19(24)12-26-17-8-6-16(7-9-17)23-20(25)15-4-5-15/h2-3,6-10,15H,4-5,11-12H2,1H3,(H,22,24)(H,23,25). The first-order chi connectivity index (χ1) is 12.5. The van der Waals surface area contributed by atoms with Gasteiger partial charge in [-0.1, -0.05) is 12.1 Å². The molecular formula is C20H21FN2O3. The second kappa shape index (κ2) is 7.99. The second-order valence-corrected chi connectivity index (χ2v) is 6.44. The topological polar surface area (TPSA) is 67.4 Å². The molecule has 6 heteroatoms. The van der Waals surface area contributed by atoms with Crippen LogP contribution in [0.3, 0.4) is 0 Å². The first-order valence-electron chi connectivity index (χ1n) is 8.57. The number of carbonyl (C=O) groups excluding carboxylic acids is 2. The van der Waals surface area contributed by atoms with Crippen LogP contribution in [0.5, 0.6) is 5.75 Å². The lowest BCUT2D eigenvalue weighted by atomic mass is 10.1. The molecule has 0 heterocycles. The molecule has 0 atom stereocenters. The molecule has 1 aliphatic rings. The Hall–Kier alpha value is -2.89. The van der Waals surface area contributed by atoms with Gasteiger partial charge in [0.05, 0.1) is 0 Å². The highest BCUT2D eigenvalue weighted by Gasteiger charge is 2.29. The summed E-state index contributed by atoms with van der Waals surface area (Å²) >= 11 is 0. The Balaban J connectivity index is 1.42. The quantitative estimate of drug-likeness (QED) is 0.801. The molecule has 1 fully saturated rings. The SMILES string of the molecule is Cc1ccc(CNC(=O)COc2ccc(NC(=O)C3CC3)cc2)cc1F. The molecule has 0 bridgehead atoms. The van der Waals surface area contributed by atoms with E-state index in [1.807, 2.05) is 0 Å². The maximum atomic E-state index is 13.5. The fourth-order valence-corrected chi connectivity index (χ4v) is 2.37. The van der Waals surface area contributed by atoms with Crippen LogP contribution in [0, 0.1) is 18.7 Å². The molecule has 5 nitrogen and oxygen atoms in total. The van der Waals surface area contributed by atoms with Gasteiger partial charge in [0, 0.05) is 18.2 Å². The van der Waals surface area contributed by atoms with Crippen LogP contribution in [0.25, 0.3) is 0 Å². The molecule has 2 aromatic rings. The number of halogens is 1. The normalized spacial score (nSPS) is 13.2. The minimum absolute atomic E-state index is 0.0468. The Bertz CT molecular complexity index is 801. The van der Waals surface area contributed by atoms with Crippen LogP contribution < -0.4 is 15.4 Å². The number of benzene rings is 2. The zero-order chi connectivity index (χ0) is 18.5. The highest BCUT2D eigenvalue weighted by atomic mass is 19.1. The predicted molar refractivity (Wildman–Crippen MR) is 96.3 cm³/mol. The number of amides is 2. The molecule has 26 heavy (non-hydrogen) atoms. The second-order valence-electron chi connectivity index (χ2n) is 6.44. The van der Waals surface area contributed by atoms with Crippen molar-refractivity contribution in [2.45, 2.75) is 26.3 Å². The van der Waals surface area contributed by atoms with Crippen LogP contribution in [-0.2, 0) is 16.1 Å². The lowest BCUT2D eigenvalue weighted by Crippen LogP contribution is -2.28. The van der Waals surface area contributed by atoms with Crippen LogP contribution in [0.1, 0.15) is 24.0 Å². The number of rotatable bonds is 7. The average molecular weight is 356 g/mol. The van der Waals surface area contributed by atoms with Crippen molar-refractivity contribution >= 4 is 17.5 Å². The van der Waals surface area contributed by atoms with Crippen LogP contribution in [0.4, 0.5) is 10.1 Å². The summed E-state index contributed by atoms with van der Waals surface area (Å²) in [5.74, 6) is 0.145. The van der Waals surface area contributed by atoms with Gasteiger partial charge in [0.15, 0.2) is 6.61 Å². The molecule has 2 aromatic carbocycles. The van der Waals surface area contributed by atoms with E-state index in [1.54, 1.807) is 43.3 Å². The molecular weight excluding hydrogens is 335 g/mol. The maximum Gasteiger partial charge on any atom is 0.258 e. The summed E-state index contributed by atoms with van der Waals surface area (Å²) in [6.07, 6.45) is 1.91. The summed E-state index contributed by atoms with van der Waals surface area (Å²) in [7, 11) is 0. The first kappa shape index (κ1) is 17.9. The lowest BCUT2D eigenvalue weighted by molar-refractivity contribution is -0.123. The van der Waals surface area contributed by atoms with Gasteiger partial charge in [-0.05, 0) is 61.2 Å². The summed E-state index contributed by atoms with van der Waals surface area (Å²) in [5.41, 5.74) is 1.97. The van der Waals surface area contributed by atoms with E-state index in [4.69, 9.17) is 4.74 Å². The number of hydrogen-bond acceptors (Lipinski definition) is 3.